The van der Waals surface area contributed by atoms with Crippen molar-refractivity contribution in [1.29, 1.82) is 0 Å². The molecule has 0 aliphatic carbocycles. The van der Waals surface area contributed by atoms with Gasteiger partial charge >= 0.3 is 0 Å². The number of fused-ring (bicyclic) bond motifs is 1. The number of rotatable bonds is 3. The summed E-state index contributed by atoms with van der Waals surface area (Å²) in [5.74, 6) is 1.61. The Morgan fingerprint density at radius 1 is 1.14 bits per heavy atom. The highest BCUT2D eigenvalue weighted by molar-refractivity contribution is 6.42. The SMILES string of the molecule is Cc1ccc(-c2nnc3n2CCCCC3)cc1NC(=O)c1cc(Cl)c(Cl)n1C. The Morgan fingerprint density at radius 3 is 2.71 bits per heavy atom. The number of benzene rings is 1. The molecule has 0 saturated carbocycles. The number of carbonyl (C=O) groups excluding carboxylic acids is 1. The van der Waals surface area contributed by atoms with Gasteiger partial charge in [-0.3, -0.25) is 4.79 Å². The molecule has 8 heteroatoms. The van der Waals surface area contributed by atoms with E-state index in [-0.39, 0.29) is 5.91 Å². The molecule has 1 aromatic carbocycles. The molecule has 1 aliphatic heterocycles. The molecule has 1 amide bonds. The lowest BCUT2D eigenvalue weighted by Crippen LogP contribution is -2.16. The summed E-state index contributed by atoms with van der Waals surface area (Å²) in [5, 5.41) is 12.4. The highest BCUT2D eigenvalue weighted by Gasteiger charge is 2.19. The van der Waals surface area contributed by atoms with Crippen molar-refractivity contribution in [3.63, 3.8) is 0 Å². The molecule has 146 valence electrons. The third-order valence-electron chi connectivity index (χ3n) is 5.20. The van der Waals surface area contributed by atoms with Gasteiger partial charge in [0.15, 0.2) is 5.82 Å². The third-order valence-corrected chi connectivity index (χ3v) is 6.04. The Balaban J connectivity index is 1.66. The number of carbonyl (C=O) groups is 1. The molecule has 1 N–H and O–H groups in total. The average Bonchev–Trinajstić information content (AvgIpc) is 3.09. The minimum absolute atomic E-state index is 0.267. The zero-order valence-electron chi connectivity index (χ0n) is 15.8. The maximum absolute atomic E-state index is 12.7. The zero-order valence-corrected chi connectivity index (χ0v) is 17.3. The summed E-state index contributed by atoms with van der Waals surface area (Å²) in [5.41, 5.74) is 3.02. The van der Waals surface area contributed by atoms with E-state index in [1.165, 1.54) is 6.42 Å². The predicted molar refractivity (Wildman–Crippen MR) is 111 cm³/mol. The van der Waals surface area contributed by atoms with Crippen LogP contribution in [-0.4, -0.2) is 25.2 Å². The number of amides is 1. The van der Waals surface area contributed by atoms with Crippen LogP contribution in [0.15, 0.2) is 24.3 Å². The monoisotopic (exact) mass is 417 g/mol. The normalized spacial score (nSPS) is 13.9. The molecular formula is C20H21Cl2N5O. The second-order valence-electron chi connectivity index (χ2n) is 7.11. The highest BCUT2D eigenvalue weighted by Crippen LogP contribution is 2.29. The van der Waals surface area contributed by atoms with Crippen LogP contribution in [0.3, 0.4) is 0 Å². The Kier molecular flexibility index (Phi) is 5.17. The van der Waals surface area contributed by atoms with Crippen LogP contribution in [0.2, 0.25) is 10.2 Å². The number of aromatic nitrogens is 4. The molecule has 0 saturated heterocycles. The van der Waals surface area contributed by atoms with Gasteiger partial charge in [-0.05, 0) is 37.5 Å². The summed E-state index contributed by atoms with van der Waals surface area (Å²) in [6.07, 6.45) is 4.44. The second-order valence-corrected chi connectivity index (χ2v) is 7.88. The molecule has 2 aromatic heterocycles. The molecule has 3 heterocycles. The summed E-state index contributed by atoms with van der Waals surface area (Å²) < 4.78 is 3.76. The maximum atomic E-state index is 12.7. The number of aryl methyl sites for hydroxylation is 2. The lowest BCUT2D eigenvalue weighted by atomic mass is 10.1. The number of anilines is 1. The summed E-state index contributed by atoms with van der Waals surface area (Å²) >= 11 is 12.1. The lowest BCUT2D eigenvalue weighted by Gasteiger charge is -2.12. The van der Waals surface area contributed by atoms with E-state index in [0.29, 0.717) is 15.9 Å². The van der Waals surface area contributed by atoms with Crippen LogP contribution in [0.1, 0.15) is 41.1 Å². The first-order valence-corrected chi connectivity index (χ1v) is 10.1. The third kappa shape index (κ3) is 3.42. The van der Waals surface area contributed by atoms with Crippen LogP contribution in [0.5, 0.6) is 0 Å². The van der Waals surface area contributed by atoms with Crippen molar-refractivity contribution < 1.29 is 4.79 Å². The van der Waals surface area contributed by atoms with Gasteiger partial charge < -0.3 is 14.5 Å². The molecule has 0 atom stereocenters. The Labute approximate surface area is 173 Å². The standard InChI is InChI=1S/C20H21Cl2N5O/c1-12-7-8-13(19-25-24-17-6-4-3-5-9-27(17)19)10-15(12)23-20(28)16-11-14(21)18(22)26(16)2/h7-8,10-11H,3-6,9H2,1-2H3,(H,23,28). The molecule has 0 radical (unpaired) electrons. The topological polar surface area (TPSA) is 64.7 Å². The summed E-state index contributed by atoms with van der Waals surface area (Å²) in [6.45, 7) is 2.88. The number of nitrogens with one attached hydrogen (secondary N) is 1. The maximum Gasteiger partial charge on any atom is 0.272 e. The predicted octanol–water partition coefficient (Wildman–Crippen LogP) is 4.88. The van der Waals surface area contributed by atoms with Crippen LogP contribution < -0.4 is 5.32 Å². The number of halogens is 2. The Bertz CT molecular complexity index is 1050. The summed E-state index contributed by atoms with van der Waals surface area (Å²) in [7, 11) is 1.71. The van der Waals surface area contributed by atoms with Gasteiger partial charge in [-0.1, -0.05) is 41.8 Å². The van der Waals surface area contributed by atoms with Crippen LogP contribution in [0.25, 0.3) is 11.4 Å². The zero-order chi connectivity index (χ0) is 19.8. The van der Waals surface area contributed by atoms with Crippen molar-refractivity contribution in [2.75, 3.05) is 5.32 Å². The molecule has 3 aromatic rings. The molecular weight excluding hydrogens is 397 g/mol. The fourth-order valence-corrected chi connectivity index (χ4v) is 3.92. The molecule has 1 aliphatic rings. The fraction of sp³-hybridized carbons (Fsp3) is 0.350. The van der Waals surface area contributed by atoms with Crippen molar-refractivity contribution >= 4 is 34.8 Å². The first-order valence-electron chi connectivity index (χ1n) is 9.31. The quantitative estimate of drug-likeness (QED) is 0.660. The minimum Gasteiger partial charge on any atom is -0.329 e. The fourth-order valence-electron chi connectivity index (χ4n) is 3.54. The van der Waals surface area contributed by atoms with Gasteiger partial charge in [-0.15, -0.1) is 10.2 Å². The van der Waals surface area contributed by atoms with Crippen molar-refractivity contribution in [1.82, 2.24) is 19.3 Å². The second kappa shape index (κ2) is 7.60. The van der Waals surface area contributed by atoms with Crippen LogP contribution >= 0.6 is 23.2 Å². The van der Waals surface area contributed by atoms with Gasteiger partial charge in [0.2, 0.25) is 0 Å². The van der Waals surface area contributed by atoms with E-state index in [9.17, 15) is 4.79 Å². The first kappa shape index (κ1) is 19.0. The smallest absolute Gasteiger partial charge is 0.272 e. The van der Waals surface area contributed by atoms with Gasteiger partial charge in [0.05, 0.1) is 5.02 Å². The number of hydrogen-bond donors (Lipinski definition) is 1. The number of hydrogen-bond acceptors (Lipinski definition) is 3. The molecule has 6 nitrogen and oxygen atoms in total. The van der Waals surface area contributed by atoms with Crippen LogP contribution in [0, 0.1) is 6.92 Å². The van der Waals surface area contributed by atoms with Crippen molar-refractivity contribution in [3.05, 3.63) is 51.5 Å². The van der Waals surface area contributed by atoms with E-state index in [2.05, 4.69) is 20.1 Å². The van der Waals surface area contributed by atoms with E-state index in [1.54, 1.807) is 17.7 Å². The molecule has 0 bridgehead atoms. The first-order chi connectivity index (χ1) is 13.5. The molecule has 0 spiro atoms. The van der Waals surface area contributed by atoms with E-state index in [4.69, 9.17) is 23.2 Å². The summed E-state index contributed by atoms with van der Waals surface area (Å²) in [4.78, 5) is 12.7. The highest BCUT2D eigenvalue weighted by atomic mass is 35.5. The molecule has 4 rings (SSSR count). The summed E-state index contributed by atoms with van der Waals surface area (Å²) in [6, 6.07) is 7.51. The van der Waals surface area contributed by atoms with Crippen molar-refractivity contribution in [2.45, 2.75) is 39.2 Å². The Morgan fingerprint density at radius 2 is 1.96 bits per heavy atom. The number of nitrogens with zero attached hydrogens (tertiary/aromatic N) is 4. The molecule has 0 fully saturated rings. The van der Waals surface area contributed by atoms with Gasteiger partial charge in [-0.25, -0.2) is 0 Å². The van der Waals surface area contributed by atoms with Gasteiger partial charge in [0.25, 0.3) is 5.91 Å². The van der Waals surface area contributed by atoms with Crippen LogP contribution in [0.4, 0.5) is 5.69 Å². The molecule has 0 unspecified atom stereocenters. The van der Waals surface area contributed by atoms with Gasteiger partial charge in [0, 0.05) is 31.3 Å². The minimum atomic E-state index is -0.267. The molecule has 28 heavy (non-hydrogen) atoms. The van der Waals surface area contributed by atoms with E-state index in [0.717, 1.165) is 54.3 Å². The van der Waals surface area contributed by atoms with E-state index >= 15 is 0 Å². The average molecular weight is 418 g/mol. The lowest BCUT2D eigenvalue weighted by molar-refractivity contribution is 0.101. The van der Waals surface area contributed by atoms with Gasteiger partial charge in [-0.2, -0.15) is 0 Å². The Hall–Kier alpha value is -2.31. The van der Waals surface area contributed by atoms with Crippen molar-refractivity contribution in [3.8, 4) is 11.4 Å². The van der Waals surface area contributed by atoms with Crippen LogP contribution in [-0.2, 0) is 20.0 Å². The van der Waals surface area contributed by atoms with Crippen molar-refractivity contribution in [2.24, 2.45) is 7.05 Å². The largest absolute Gasteiger partial charge is 0.329 e. The van der Waals surface area contributed by atoms with Gasteiger partial charge in [0.1, 0.15) is 16.7 Å². The van der Waals surface area contributed by atoms with E-state index < -0.39 is 0 Å². The van der Waals surface area contributed by atoms with E-state index in [1.807, 2.05) is 25.1 Å².